The van der Waals surface area contributed by atoms with Crippen molar-refractivity contribution in [2.75, 3.05) is 11.9 Å². The van der Waals surface area contributed by atoms with Crippen LogP contribution in [0.15, 0.2) is 60.0 Å². The van der Waals surface area contributed by atoms with Crippen molar-refractivity contribution in [3.8, 4) is 0 Å². The molecule has 1 N–H and O–H groups in total. The Morgan fingerprint density at radius 3 is 2.26 bits per heavy atom. The predicted molar refractivity (Wildman–Crippen MR) is 102 cm³/mol. The third-order valence-corrected chi connectivity index (χ3v) is 4.41. The minimum absolute atomic E-state index is 0.110. The number of ether oxygens (including phenoxy) is 1. The number of amides is 1. The second-order valence-corrected chi connectivity index (χ2v) is 6.34. The molecule has 1 amide bonds. The molecular weight excluding hydrogens is 364 g/mol. The molecule has 0 aliphatic carbocycles. The molecule has 6 nitrogen and oxygen atoms in total. The highest BCUT2D eigenvalue weighted by atomic mass is 32.1. The van der Waals surface area contributed by atoms with E-state index in [-0.39, 0.29) is 24.0 Å². The second kappa shape index (κ2) is 8.37. The van der Waals surface area contributed by atoms with Gasteiger partial charge < -0.3 is 4.74 Å². The zero-order valence-corrected chi connectivity index (χ0v) is 15.3. The molecule has 0 aliphatic rings. The Hall–Kier alpha value is -3.32. The summed E-state index contributed by atoms with van der Waals surface area (Å²) >= 11 is 1.13. The van der Waals surface area contributed by atoms with Gasteiger partial charge in [-0.05, 0) is 19.1 Å². The number of nitrogens with zero attached hydrogens (tertiary/aromatic N) is 1. The number of hydrogen-bond acceptors (Lipinski definition) is 6. The van der Waals surface area contributed by atoms with E-state index in [1.165, 1.54) is 5.38 Å². The van der Waals surface area contributed by atoms with Gasteiger partial charge in [0.1, 0.15) is 0 Å². The molecule has 2 aromatic carbocycles. The van der Waals surface area contributed by atoms with Crippen LogP contribution in [0.4, 0.5) is 5.13 Å². The molecule has 0 atom stereocenters. The number of carbonyl (C=O) groups excluding carboxylic acids is 3. The number of aromatic nitrogens is 1. The topological polar surface area (TPSA) is 85.4 Å². The Kier molecular flexibility index (Phi) is 5.73. The van der Waals surface area contributed by atoms with Crippen LogP contribution in [0.5, 0.6) is 0 Å². The van der Waals surface area contributed by atoms with Gasteiger partial charge >= 0.3 is 5.97 Å². The first-order valence-corrected chi connectivity index (χ1v) is 9.10. The molecule has 0 spiro atoms. The molecule has 1 aromatic heterocycles. The minimum Gasteiger partial charge on any atom is -0.461 e. The third-order valence-electron chi connectivity index (χ3n) is 3.65. The normalized spacial score (nSPS) is 10.3. The predicted octanol–water partition coefficient (Wildman–Crippen LogP) is 3.80. The van der Waals surface area contributed by atoms with E-state index >= 15 is 0 Å². The molecule has 0 bridgehead atoms. The molecule has 7 heteroatoms. The maximum atomic E-state index is 12.4. The molecular formula is C20H16N2O4S. The van der Waals surface area contributed by atoms with Crippen LogP contribution in [0.3, 0.4) is 0 Å². The monoisotopic (exact) mass is 380 g/mol. The Morgan fingerprint density at radius 1 is 0.963 bits per heavy atom. The van der Waals surface area contributed by atoms with Gasteiger partial charge in [-0.25, -0.2) is 9.78 Å². The Morgan fingerprint density at radius 2 is 1.59 bits per heavy atom. The summed E-state index contributed by atoms with van der Waals surface area (Å²) in [4.78, 5) is 40.4. The molecule has 0 unspecified atom stereocenters. The van der Waals surface area contributed by atoms with Crippen LogP contribution in [0.1, 0.15) is 43.7 Å². The summed E-state index contributed by atoms with van der Waals surface area (Å²) in [5.74, 6) is -1.02. The standard InChI is InChI=1S/C20H16N2O4S/c1-2-26-19(25)16-12-27-20(21-16)22-18(24)15-10-8-14(9-11-15)17(23)13-6-4-3-5-7-13/h3-12H,2H2,1H3,(H,21,22,24). The quantitative estimate of drug-likeness (QED) is 0.519. The smallest absolute Gasteiger partial charge is 0.357 e. The number of nitrogens with one attached hydrogen (secondary N) is 1. The summed E-state index contributed by atoms with van der Waals surface area (Å²) in [7, 11) is 0. The lowest BCUT2D eigenvalue weighted by molar-refractivity contribution is 0.0520. The fraction of sp³-hybridized carbons (Fsp3) is 0.100. The minimum atomic E-state index is -0.530. The van der Waals surface area contributed by atoms with Gasteiger partial charge in [-0.1, -0.05) is 42.5 Å². The number of hydrogen-bond donors (Lipinski definition) is 1. The average Bonchev–Trinajstić information content (AvgIpc) is 3.17. The van der Waals surface area contributed by atoms with Crippen LogP contribution in [-0.4, -0.2) is 29.3 Å². The first kappa shape index (κ1) is 18.5. The molecule has 0 aliphatic heterocycles. The van der Waals surface area contributed by atoms with Crippen molar-refractivity contribution in [1.82, 2.24) is 4.98 Å². The summed E-state index contributed by atoms with van der Waals surface area (Å²) in [5.41, 5.74) is 1.62. The van der Waals surface area contributed by atoms with E-state index < -0.39 is 5.97 Å². The van der Waals surface area contributed by atoms with Gasteiger partial charge in [0.25, 0.3) is 5.91 Å². The summed E-state index contributed by atoms with van der Waals surface area (Å²) < 4.78 is 4.86. The number of thiazole rings is 1. The Labute approximate surface area is 159 Å². The summed E-state index contributed by atoms with van der Waals surface area (Å²) in [6.07, 6.45) is 0. The highest BCUT2D eigenvalue weighted by Crippen LogP contribution is 2.18. The van der Waals surface area contributed by atoms with Crippen molar-refractivity contribution in [3.63, 3.8) is 0 Å². The molecule has 1 heterocycles. The van der Waals surface area contributed by atoms with E-state index in [4.69, 9.17) is 4.74 Å². The fourth-order valence-electron chi connectivity index (χ4n) is 2.33. The van der Waals surface area contributed by atoms with E-state index in [2.05, 4.69) is 10.3 Å². The van der Waals surface area contributed by atoms with Crippen LogP contribution in [0.25, 0.3) is 0 Å². The third kappa shape index (κ3) is 4.45. The number of esters is 1. The van der Waals surface area contributed by atoms with Gasteiger partial charge in [0.05, 0.1) is 6.61 Å². The van der Waals surface area contributed by atoms with E-state index in [1.54, 1.807) is 55.5 Å². The van der Waals surface area contributed by atoms with Crippen molar-refractivity contribution in [2.24, 2.45) is 0 Å². The lowest BCUT2D eigenvalue weighted by atomic mass is 10.0. The van der Waals surface area contributed by atoms with Gasteiger partial charge in [0.2, 0.25) is 0 Å². The molecule has 0 radical (unpaired) electrons. The highest BCUT2D eigenvalue weighted by molar-refractivity contribution is 7.14. The van der Waals surface area contributed by atoms with Gasteiger partial charge in [-0.15, -0.1) is 11.3 Å². The van der Waals surface area contributed by atoms with Crippen molar-refractivity contribution in [1.29, 1.82) is 0 Å². The fourth-order valence-corrected chi connectivity index (χ4v) is 3.00. The Bertz CT molecular complexity index is 965. The number of rotatable bonds is 6. The van der Waals surface area contributed by atoms with Crippen molar-refractivity contribution < 1.29 is 19.1 Å². The maximum absolute atomic E-state index is 12.4. The van der Waals surface area contributed by atoms with Crippen LogP contribution in [0.2, 0.25) is 0 Å². The summed E-state index contributed by atoms with van der Waals surface area (Å²) in [5, 5.41) is 4.45. The first-order valence-electron chi connectivity index (χ1n) is 8.22. The van der Waals surface area contributed by atoms with E-state index in [0.29, 0.717) is 21.8 Å². The van der Waals surface area contributed by atoms with Crippen LogP contribution >= 0.6 is 11.3 Å². The maximum Gasteiger partial charge on any atom is 0.357 e. The lowest BCUT2D eigenvalue weighted by Crippen LogP contribution is -2.13. The highest BCUT2D eigenvalue weighted by Gasteiger charge is 2.15. The molecule has 0 saturated carbocycles. The number of benzene rings is 2. The average molecular weight is 380 g/mol. The van der Waals surface area contributed by atoms with Crippen LogP contribution in [-0.2, 0) is 4.74 Å². The van der Waals surface area contributed by atoms with Crippen LogP contribution < -0.4 is 5.32 Å². The molecule has 0 fully saturated rings. The molecule has 136 valence electrons. The Balaban J connectivity index is 1.67. The molecule has 0 saturated heterocycles. The SMILES string of the molecule is CCOC(=O)c1csc(NC(=O)c2ccc(C(=O)c3ccccc3)cc2)n1. The number of ketones is 1. The van der Waals surface area contributed by atoms with Gasteiger partial charge in [0.15, 0.2) is 16.6 Å². The lowest BCUT2D eigenvalue weighted by Gasteiger charge is -2.04. The van der Waals surface area contributed by atoms with Gasteiger partial charge in [0, 0.05) is 22.1 Å². The van der Waals surface area contributed by atoms with E-state index in [1.807, 2.05) is 6.07 Å². The zero-order chi connectivity index (χ0) is 19.2. The molecule has 27 heavy (non-hydrogen) atoms. The first-order chi connectivity index (χ1) is 13.1. The van der Waals surface area contributed by atoms with Gasteiger partial charge in [-0.3, -0.25) is 14.9 Å². The number of carbonyl (C=O) groups is 3. The zero-order valence-electron chi connectivity index (χ0n) is 14.5. The van der Waals surface area contributed by atoms with Crippen molar-refractivity contribution >= 4 is 34.1 Å². The van der Waals surface area contributed by atoms with Crippen LogP contribution in [0, 0.1) is 0 Å². The largest absolute Gasteiger partial charge is 0.461 e. The summed E-state index contributed by atoms with van der Waals surface area (Å²) in [6.45, 7) is 1.96. The van der Waals surface area contributed by atoms with Crippen molar-refractivity contribution in [2.45, 2.75) is 6.92 Å². The van der Waals surface area contributed by atoms with Gasteiger partial charge in [-0.2, -0.15) is 0 Å². The molecule has 3 aromatic rings. The summed E-state index contributed by atoms with van der Waals surface area (Å²) in [6, 6.07) is 15.3. The molecule has 3 rings (SSSR count). The van der Waals surface area contributed by atoms with E-state index in [9.17, 15) is 14.4 Å². The number of anilines is 1. The van der Waals surface area contributed by atoms with Crippen molar-refractivity contribution in [3.05, 3.63) is 82.4 Å². The van der Waals surface area contributed by atoms with E-state index in [0.717, 1.165) is 11.3 Å². The second-order valence-electron chi connectivity index (χ2n) is 5.48.